The third-order valence-corrected chi connectivity index (χ3v) is 4.45. The zero-order valence-corrected chi connectivity index (χ0v) is 11.5. The number of hydrazine groups is 1. The summed E-state index contributed by atoms with van der Waals surface area (Å²) in [5.41, 5.74) is 4.00. The van der Waals surface area contributed by atoms with E-state index in [1.165, 1.54) is 6.07 Å². The van der Waals surface area contributed by atoms with Crippen LogP contribution in [0.25, 0.3) is 10.1 Å². The lowest BCUT2D eigenvalue weighted by atomic mass is 10.1. The van der Waals surface area contributed by atoms with Gasteiger partial charge in [-0.15, -0.1) is 11.3 Å². The Labute approximate surface area is 120 Å². The summed E-state index contributed by atoms with van der Waals surface area (Å²) in [5.74, 6) is 5.46. The summed E-state index contributed by atoms with van der Waals surface area (Å²) in [7, 11) is 0. The minimum absolute atomic E-state index is 0.0119. The molecule has 0 aliphatic rings. The van der Waals surface area contributed by atoms with Crippen molar-refractivity contribution in [1.29, 1.82) is 0 Å². The van der Waals surface area contributed by atoms with Crippen LogP contribution < -0.4 is 11.3 Å². The molecule has 2 heterocycles. The first-order valence-electron chi connectivity index (χ1n) is 6.30. The number of thiophene rings is 1. The van der Waals surface area contributed by atoms with Crippen LogP contribution in [-0.4, -0.2) is 4.98 Å². The molecule has 0 aliphatic carbocycles. The van der Waals surface area contributed by atoms with Gasteiger partial charge in [0, 0.05) is 22.0 Å². The minimum atomic E-state index is -0.211. The van der Waals surface area contributed by atoms with Gasteiger partial charge in [-0.25, -0.2) is 4.39 Å². The molecule has 3 N–H and O–H groups in total. The maximum Gasteiger partial charge on any atom is 0.124 e. The first-order chi connectivity index (χ1) is 9.76. The molecule has 1 aromatic carbocycles. The van der Waals surface area contributed by atoms with Crippen molar-refractivity contribution in [3.63, 3.8) is 0 Å². The Morgan fingerprint density at radius 3 is 2.75 bits per heavy atom. The van der Waals surface area contributed by atoms with Gasteiger partial charge >= 0.3 is 0 Å². The van der Waals surface area contributed by atoms with Gasteiger partial charge in [-0.05, 0) is 47.7 Å². The molecule has 0 bridgehead atoms. The van der Waals surface area contributed by atoms with Gasteiger partial charge in [0.1, 0.15) is 5.82 Å². The lowest BCUT2D eigenvalue weighted by Gasteiger charge is -2.13. The molecule has 3 nitrogen and oxygen atoms in total. The Balaban J connectivity index is 1.91. The van der Waals surface area contributed by atoms with Crippen molar-refractivity contribution in [1.82, 2.24) is 10.4 Å². The van der Waals surface area contributed by atoms with E-state index in [0.717, 1.165) is 26.9 Å². The average Bonchev–Trinajstić information content (AvgIpc) is 2.88. The van der Waals surface area contributed by atoms with E-state index in [9.17, 15) is 4.39 Å². The summed E-state index contributed by atoms with van der Waals surface area (Å²) < 4.78 is 14.2. The number of hydrogen-bond acceptors (Lipinski definition) is 4. The Morgan fingerprint density at radius 2 is 2.00 bits per heavy atom. The SMILES string of the molecule is NNC(Cc1ccncc1)c1cc2ccc(F)cc2s1. The van der Waals surface area contributed by atoms with Gasteiger partial charge in [-0.2, -0.15) is 0 Å². The van der Waals surface area contributed by atoms with Gasteiger partial charge in [0.2, 0.25) is 0 Å². The van der Waals surface area contributed by atoms with Crippen LogP contribution in [0.15, 0.2) is 48.8 Å². The van der Waals surface area contributed by atoms with E-state index in [2.05, 4.69) is 16.5 Å². The van der Waals surface area contributed by atoms with Crippen LogP contribution in [0.4, 0.5) is 4.39 Å². The highest BCUT2D eigenvalue weighted by Crippen LogP contribution is 2.31. The number of aromatic nitrogens is 1. The molecular weight excluding hydrogens is 273 g/mol. The summed E-state index contributed by atoms with van der Waals surface area (Å²) in [6.07, 6.45) is 4.31. The molecule has 20 heavy (non-hydrogen) atoms. The smallest absolute Gasteiger partial charge is 0.124 e. The zero-order chi connectivity index (χ0) is 13.9. The highest BCUT2D eigenvalue weighted by molar-refractivity contribution is 7.19. The molecule has 0 amide bonds. The van der Waals surface area contributed by atoms with Crippen LogP contribution in [0.2, 0.25) is 0 Å². The Hall–Kier alpha value is -1.82. The van der Waals surface area contributed by atoms with E-state index >= 15 is 0 Å². The van der Waals surface area contributed by atoms with Crippen LogP contribution in [0.5, 0.6) is 0 Å². The Kier molecular flexibility index (Phi) is 3.73. The number of benzene rings is 1. The van der Waals surface area contributed by atoms with Gasteiger partial charge in [0.25, 0.3) is 0 Å². The Bertz CT molecular complexity index is 711. The third kappa shape index (κ3) is 2.70. The standard InChI is InChI=1S/C15H14FN3S/c16-12-2-1-11-8-15(20-14(11)9-12)13(19-17)7-10-3-5-18-6-4-10/h1-6,8-9,13,19H,7,17H2. The van der Waals surface area contributed by atoms with Crippen molar-refractivity contribution in [2.24, 2.45) is 5.84 Å². The summed E-state index contributed by atoms with van der Waals surface area (Å²) in [6, 6.07) is 10.8. The molecule has 0 spiro atoms. The van der Waals surface area contributed by atoms with Crippen molar-refractivity contribution in [2.45, 2.75) is 12.5 Å². The molecule has 102 valence electrons. The molecule has 0 fully saturated rings. The van der Waals surface area contributed by atoms with Gasteiger partial charge in [-0.3, -0.25) is 16.3 Å². The van der Waals surface area contributed by atoms with Crippen molar-refractivity contribution in [2.75, 3.05) is 0 Å². The number of hydrogen-bond donors (Lipinski definition) is 2. The first kappa shape index (κ1) is 13.2. The number of fused-ring (bicyclic) bond motifs is 1. The van der Waals surface area contributed by atoms with Crippen molar-refractivity contribution in [3.05, 3.63) is 65.0 Å². The molecule has 0 saturated carbocycles. The van der Waals surface area contributed by atoms with Crippen LogP contribution in [0.3, 0.4) is 0 Å². The molecule has 3 aromatic rings. The van der Waals surface area contributed by atoms with Crippen LogP contribution >= 0.6 is 11.3 Å². The van der Waals surface area contributed by atoms with E-state index < -0.39 is 0 Å². The fourth-order valence-electron chi connectivity index (χ4n) is 2.19. The summed E-state index contributed by atoms with van der Waals surface area (Å²) in [5, 5.41) is 1.04. The maximum atomic E-state index is 13.2. The van der Waals surface area contributed by atoms with Gasteiger partial charge in [-0.1, -0.05) is 6.07 Å². The summed E-state index contributed by atoms with van der Waals surface area (Å²) in [6.45, 7) is 0. The van der Waals surface area contributed by atoms with E-state index in [0.29, 0.717) is 0 Å². The molecule has 1 atom stereocenters. The van der Waals surface area contributed by atoms with E-state index in [4.69, 9.17) is 5.84 Å². The molecule has 0 radical (unpaired) electrons. The average molecular weight is 287 g/mol. The fourth-order valence-corrected chi connectivity index (χ4v) is 3.34. The molecule has 3 rings (SSSR count). The number of rotatable bonds is 4. The van der Waals surface area contributed by atoms with Crippen molar-refractivity contribution >= 4 is 21.4 Å². The lowest BCUT2D eigenvalue weighted by Crippen LogP contribution is -2.28. The second kappa shape index (κ2) is 5.66. The van der Waals surface area contributed by atoms with E-state index in [1.807, 2.05) is 12.1 Å². The highest BCUT2D eigenvalue weighted by atomic mass is 32.1. The van der Waals surface area contributed by atoms with E-state index in [1.54, 1.807) is 35.9 Å². The second-order valence-corrected chi connectivity index (χ2v) is 5.73. The van der Waals surface area contributed by atoms with Crippen molar-refractivity contribution in [3.8, 4) is 0 Å². The lowest BCUT2D eigenvalue weighted by molar-refractivity contribution is 0.560. The quantitative estimate of drug-likeness (QED) is 0.572. The molecule has 5 heteroatoms. The summed E-state index contributed by atoms with van der Waals surface area (Å²) in [4.78, 5) is 5.11. The van der Waals surface area contributed by atoms with Gasteiger partial charge in [0.15, 0.2) is 0 Å². The maximum absolute atomic E-state index is 13.2. The minimum Gasteiger partial charge on any atom is -0.271 e. The topological polar surface area (TPSA) is 50.9 Å². The first-order valence-corrected chi connectivity index (χ1v) is 7.12. The van der Waals surface area contributed by atoms with Crippen LogP contribution in [0, 0.1) is 5.82 Å². The molecule has 1 unspecified atom stereocenters. The van der Waals surface area contributed by atoms with Gasteiger partial charge in [0.05, 0.1) is 6.04 Å². The monoisotopic (exact) mass is 287 g/mol. The number of halogens is 1. The van der Waals surface area contributed by atoms with Crippen LogP contribution in [-0.2, 0) is 6.42 Å². The largest absolute Gasteiger partial charge is 0.271 e. The number of pyridine rings is 1. The second-order valence-electron chi connectivity index (χ2n) is 4.61. The number of nitrogens with two attached hydrogens (primary N) is 1. The van der Waals surface area contributed by atoms with Crippen molar-refractivity contribution < 1.29 is 4.39 Å². The number of nitrogens with one attached hydrogen (secondary N) is 1. The predicted molar refractivity (Wildman–Crippen MR) is 79.8 cm³/mol. The van der Waals surface area contributed by atoms with E-state index in [-0.39, 0.29) is 11.9 Å². The third-order valence-electron chi connectivity index (χ3n) is 3.23. The highest BCUT2D eigenvalue weighted by Gasteiger charge is 2.14. The molecule has 0 saturated heterocycles. The van der Waals surface area contributed by atoms with Gasteiger partial charge < -0.3 is 0 Å². The molecule has 2 aromatic heterocycles. The predicted octanol–water partition coefficient (Wildman–Crippen LogP) is 3.18. The summed E-state index contributed by atoms with van der Waals surface area (Å²) >= 11 is 1.57. The molecule has 0 aliphatic heterocycles. The fraction of sp³-hybridized carbons (Fsp3) is 0.133. The molecular formula is C15H14FN3S. The Morgan fingerprint density at radius 1 is 1.20 bits per heavy atom. The number of nitrogens with zero attached hydrogens (tertiary/aromatic N) is 1. The normalized spacial score (nSPS) is 12.7. The van der Waals surface area contributed by atoms with Crippen LogP contribution in [0.1, 0.15) is 16.5 Å². The zero-order valence-electron chi connectivity index (χ0n) is 10.7.